The molecule has 1 aromatic rings. The number of ether oxygens (including phenoxy) is 2. The number of benzene rings is 1. The molecule has 1 aliphatic heterocycles. The maximum atomic E-state index is 11.0. The monoisotopic (exact) mass is 468 g/mol. The predicted octanol–water partition coefficient (Wildman–Crippen LogP) is 7.99. The van der Waals surface area contributed by atoms with Crippen LogP contribution in [0.15, 0.2) is 0 Å². The van der Waals surface area contributed by atoms with Crippen LogP contribution in [0.25, 0.3) is 0 Å². The lowest BCUT2D eigenvalue weighted by molar-refractivity contribution is -0.120. The quantitative estimate of drug-likeness (QED) is 0.244. The van der Waals surface area contributed by atoms with Crippen LogP contribution >= 0.6 is 0 Å². The van der Waals surface area contributed by atoms with Gasteiger partial charge in [-0.05, 0) is 93.2 Å². The number of terminal acetylenes is 1. The molecule has 6 unspecified atom stereocenters. The Labute approximate surface area is 209 Å². The lowest BCUT2D eigenvalue weighted by atomic mass is 9.65. The van der Waals surface area contributed by atoms with Crippen LogP contribution in [0.4, 0.5) is 0 Å². The summed E-state index contributed by atoms with van der Waals surface area (Å²) in [5.41, 5.74) is 4.22. The van der Waals surface area contributed by atoms with Gasteiger partial charge >= 0.3 is 0 Å². The molecule has 0 fully saturated rings. The minimum atomic E-state index is -0.224. The van der Waals surface area contributed by atoms with Gasteiger partial charge in [0.1, 0.15) is 17.1 Å². The van der Waals surface area contributed by atoms with Crippen LogP contribution in [0, 0.1) is 62.2 Å². The molecule has 2 rings (SSSR count). The number of carbonyl (C=O) groups excluding carboxylic acids is 1. The molecule has 1 aromatic carbocycles. The molecule has 1 aliphatic rings. The third-order valence-corrected chi connectivity index (χ3v) is 9.00. The van der Waals surface area contributed by atoms with E-state index in [0.717, 1.165) is 61.0 Å². The highest BCUT2D eigenvalue weighted by atomic mass is 16.5. The lowest BCUT2D eigenvalue weighted by Gasteiger charge is -2.45. The van der Waals surface area contributed by atoms with Crippen molar-refractivity contribution in [2.45, 2.75) is 113 Å². The van der Waals surface area contributed by atoms with E-state index in [2.05, 4.69) is 61.3 Å². The molecule has 0 amide bonds. The van der Waals surface area contributed by atoms with Crippen molar-refractivity contribution in [1.29, 1.82) is 0 Å². The number of hydrogen-bond donors (Lipinski definition) is 0. The van der Waals surface area contributed by atoms with E-state index < -0.39 is 0 Å². The third-order valence-electron chi connectivity index (χ3n) is 9.00. The first kappa shape index (κ1) is 28.3. The first-order chi connectivity index (χ1) is 15.9. The zero-order valence-electron chi connectivity index (χ0n) is 23.4. The molecule has 6 atom stereocenters. The molecular formula is C31H48O3. The molecule has 0 aliphatic carbocycles. The SMILES string of the molecule is C#CC(C)C(C(C)CC)C(C)CC(C)(CC)CC1(C)CCc2c(C)c(OC=O)c(C)c(C)c2O1. The molecule has 34 heavy (non-hydrogen) atoms. The largest absolute Gasteiger partial charge is 0.487 e. The molecule has 0 N–H and O–H groups in total. The lowest BCUT2D eigenvalue weighted by Crippen LogP contribution is -2.43. The molecular weight excluding hydrogens is 420 g/mol. The molecule has 0 radical (unpaired) electrons. The standard InChI is InChI=1S/C31H48O3/c1-12-20(4)27(21(5)13-2)22(6)17-30(10,14-3)18-31(11)16-15-26-25(9)28(33-19-32)23(7)24(8)29(26)34-31/h1,19-22,27H,13-18H2,2-11H3. The van der Waals surface area contributed by atoms with Crippen LogP contribution in [0.1, 0.15) is 103 Å². The van der Waals surface area contributed by atoms with Gasteiger partial charge in [0.05, 0.1) is 0 Å². The first-order valence-electron chi connectivity index (χ1n) is 13.2. The van der Waals surface area contributed by atoms with Crippen LogP contribution in [-0.2, 0) is 11.2 Å². The molecule has 0 spiro atoms. The number of rotatable bonds is 11. The van der Waals surface area contributed by atoms with Gasteiger partial charge in [0.25, 0.3) is 6.47 Å². The summed E-state index contributed by atoms with van der Waals surface area (Å²) in [4.78, 5) is 11.0. The summed E-state index contributed by atoms with van der Waals surface area (Å²) in [7, 11) is 0. The van der Waals surface area contributed by atoms with Crippen molar-refractivity contribution in [3.63, 3.8) is 0 Å². The Kier molecular flexibility index (Phi) is 9.31. The van der Waals surface area contributed by atoms with Crippen molar-refractivity contribution >= 4 is 6.47 Å². The summed E-state index contributed by atoms with van der Waals surface area (Å²) in [5, 5.41) is 0. The van der Waals surface area contributed by atoms with Crippen LogP contribution in [0.3, 0.4) is 0 Å². The fourth-order valence-corrected chi connectivity index (χ4v) is 6.72. The van der Waals surface area contributed by atoms with Gasteiger partial charge < -0.3 is 9.47 Å². The summed E-state index contributed by atoms with van der Waals surface area (Å²) in [5.74, 6) is 6.71. The van der Waals surface area contributed by atoms with E-state index >= 15 is 0 Å². The Morgan fingerprint density at radius 1 is 1.15 bits per heavy atom. The highest BCUT2D eigenvalue weighted by Gasteiger charge is 2.42. The van der Waals surface area contributed by atoms with E-state index in [1.807, 2.05) is 13.8 Å². The Balaban J connectivity index is 2.31. The van der Waals surface area contributed by atoms with Gasteiger partial charge in [0.15, 0.2) is 0 Å². The highest BCUT2D eigenvalue weighted by molar-refractivity contribution is 5.62. The van der Waals surface area contributed by atoms with Gasteiger partial charge in [0, 0.05) is 11.5 Å². The predicted molar refractivity (Wildman–Crippen MR) is 142 cm³/mol. The van der Waals surface area contributed by atoms with Gasteiger partial charge in [-0.3, -0.25) is 4.79 Å². The van der Waals surface area contributed by atoms with Crippen molar-refractivity contribution in [2.24, 2.45) is 29.1 Å². The third kappa shape index (κ3) is 5.81. The summed E-state index contributed by atoms with van der Waals surface area (Å²) in [6.45, 7) is 22.9. The van der Waals surface area contributed by atoms with Crippen molar-refractivity contribution in [3.8, 4) is 23.8 Å². The van der Waals surface area contributed by atoms with E-state index in [1.54, 1.807) is 0 Å². The molecule has 3 nitrogen and oxygen atoms in total. The Morgan fingerprint density at radius 3 is 2.32 bits per heavy atom. The fraction of sp³-hybridized carbons (Fsp3) is 0.710. The van der Waals surface area contributed by atoms with Gasteiger partial charge in [0.2, 0.25) is 0 Å². The van der Waals surface area contributed by atoms with Gasteiger partial charge in [-0.1, -0.05) is 54.4 Å². The summed E-state index contributed by atoms with van der Waals surface area (Å²) in [6, 6.07) is 0. The van der Waals surface area contributed by atoms with Gasteiger partial charge in [-0.2, -0.15) is 0 Å². The first-order valence-corrected chi connectivity index (χ1v) is 13.2. The molecule has 1 heterocycles. The summed E-state index contributed by atoms with van der Waals surface area (Å²) >= 11 is 0. The number of fused-ring (bicyclic) bond motifs is 1. The van der Waals surface area contributed by atoms with Crippen molar-refractivity contribution in [1.82, 2.24) is 0 Å². The van der Waals surface area contributed by atoms with Crippen molar-refractivity contribution in [3.05, 3.63) is 22.3 Å². The van der Waals surface area contributed by atoms with E-state index in [9.17, 15) is 4.79 Å². The molecule has 3 heteroatoms. The summed E-state index contributed by atoms with van der Waals surface area (Å²) < 4.78 is 12.2. The van der Waals surface area contributed by atoms with Gasteiger partial charge in [-0.15, -0.1) is 12.3 Å². The number of carbonyl (C=O) groups is 1. The van der Waals surface area contributed by atoms with E-state index in [4.69, 9.17) is 15.9 Å². The Morgan fingerprint density at radius 2 is 1.79 bits per heavy atom. The molecule has 0 bridgehead atoms. The van der Waals surface area contributed by atoms with Crippen LogP contribution < -0.4 is 9.47 Å². The highest BCUT2D eigenvalue weighted by Crippen LogP contribution is 2.49. The average molecular weight is 469 g/mol. The molecule has 190 valence electrons. The molecule has 0 aromatic heterocycles. The van der Waals surface area contributed by atoms with Crippen LogP contribution in [0.5, 0.6) is 11.5 Å². The Bertz CT molecular complexity index is 910. The maximum Gasteiger partial charge on any atom is 0.298 e. The minimum Gasteiger partial charge on any atom is -0.487 e. The molecule has 0 saturated carbocycles. The topological polar surface area (TPSA) is 35.5 Å². The second-order valence-corrected chi connectivity index (χ2v) is 11.7. The van der Waals surface area contributed by atoms with Crippen molar-refractivity contribution < 1.29 is 14.3 Å². The zero-order valence-corrected chi connectivity index (χ0v) is 23.4. The van der Waals surface area contributed by atoms with E-state index in [-0.39, 0.29) is 16.9 Å². The van der Waals surface area contributed by atoms with Crippen molar-refractivity contribution in [2.75, 3.05) is 0 Å². The normalized spacial score (nSPS) is 22.9. The Hall–Kier alpha value is -1.95. The molecule has 0 saturated heterocycles. The zero-order chi connectivity index (χ0) is 25.8. The smallest absolute Gasteiger partial charge is 0.298 e. The van der Waals surface area contributed by atoms with E-state index in [0.29, 0.717) is 30.0 Å². The van der Waals surface area contributed by atoms with E-state index in [1.165, 1.54) is 5.56 Å². The average Bonchev–Trinajstić information content (AvgIpc) is 2.79. The van der Waals surface area contributed by atoms with Crippen LogP contribution in [0.2, 0.25) is 0 Å². The fourth-order valence-electron chi connectivity index (χ4n) is 6.72. The maximum absolute atomic E-state index is 11.0. The second kappa shape index (κ2) is 11.2. The van der Waals surface area contributed by atoms with Gasteiger partial charge in [-0.25, -0.2) is 0 Å². The summed E-state index contributed by atoms with van der Waals surface area (Å²) in [6.07, 6.45) is 12.2. The minimum absolute atomic E-state index is 0.171. The van der Waals surface area contributed by atoms with Crippen LogP contribution in [-0.4, -0.2) is 12.1 Å². The second-order valence-electron chi connectivity index (χ2n) is 11.7. The number of hydrogen-bond acceptors (Lipinski definition) is 3.